The fraction of sp³-hybridized carbons (Fsp3) is 0.667. The number of urea groups is 1. The Morgan fingerprint density at radius 1 is 1.59 bits per heavy atom. The van der Waals surface area contributed by atoms with Crippen molar-refractivity contribution in [1.82, 2.24) is 10.2 Å². The molecule has 2 amide bonds. The van der Waals surface area contributed by atoms with E-state index < -0.39 is 5.97 Å². The summed E-state index contributed by atoms with van der Waals surface area (Å²) in [6.45, 7) is 5.66. The van der Waals surface area contributed by atoms with Crippen LogP contribution in [0, 0.1) is 5.92 Å². The molecule has 1 atom stereocenters. The van der Waals surface area contributed by atoms with Crippen molar-refractivity contribution in [3.63, 3.8) is 0 Å². The zero-order chi connectivity index (χ0) is 12.8. The van der Waals surface area contributed by atoms with Gasteiger partial charge in [-0.1, -0.05) is 18.6 Å². The number of nitrogens with zero attached hydrogens (tertiary/aromatic N) is 1. The van der Waals surface area contributed by atoms with E-state index in [2.05, 4.69) is 12.2 Å². The molecule has 1 rings (SSSR count). The lowest BCUT2D eigenvalue weighted by atomic mass is 10.1. The van der Waals surface area contributed by atoms with Gasteiger partial charge in [0.15, 0.2) is 0 Å². The number of carbonyl (C=O) groups is 2. The standard InChI is InChI=1S/C12H20N2O3/c1-9-3-5-14(6-4-9)12(17)13-8-10(2)7-11(15)16/h3,10H,4-8H2,1-2H3,(H,13,17)(H,15,16). The van der Waals surface area contributed by atoms with Gasteiger partial charge in [-0.05, 0) is 19.3 Å². The number of carboxylic acid groups (broad SMARTS) is 1. The highest BCUT2D eigenvalue weighted by Crippen LogP contribution is 2.09. The van der Waals surface area contributed by atoms with Gasteiger partial charge in [0.2, 0.25) is 0 Å². The summed E-state index contributed by atoms with van der Waals surface area (Å²) >= 11 is 0. The van der Waals surface area contributed by atoms with Crippen LogP contribution in [0.4, 0.5) is 4.79 Å². The SMILES string of the molecule is CC1=CCN(C(=O)NCC(C)CC(=O)O)CC1. The molecule has 0 aliphatic carbocycles. The van der Waals surface area contributed by atoms with Crippen LogP contribution in [0.15, 0.2) is 11.6 Å². The largest absolute Gasteiger partial charge is 0.481 e. The van der Waals surface area contributed by atoms with Crippen molar-refractivity contribution in [1.29, 1.82) is 0 Å². The molecule has 1 heterocycles. The summed E-state index contributed by atoms with van der Waals surface area (Å²) in [7, 11) is 0. The van der Waals surface area contributed by atoms with E-state index in [1.807, 2.05) is 13.0 Å². The minimum Gasteiger partial charge on any atom is -0.481 e. The number of aliphatic carboxylic acids is 1. The summed E-state index contributed by atoms with van der Waals surface area (Å²) in [4.78, 5) is 23.9. The second-order valence-electron chi connectivity index (χ2n) is 4.64. The molecule has 0 saturated heterocycles. The first kappa shape index (κ1) is 13.5. The van der Waals surface area contributed by atoms with E-state index in [4.69, 9.17) is 5.11 Å². The highest BCUT2D eigenvalue weighted by molar-refractivity contribution is 5.74. The van der Waals surface area contributed by atoms with Crippen LogP contribution in [-0.2, 0) is 4.79 Å². The van der Waals surface area contributed by atoms with Crippen LogP contribution >= 0.6 is 0 Å². The van der Waals surface area contributed by atoms with Crippen molar-refractivity contribution in [2.75, 3.05) is 19.6 Å². The third-order valence-electron chi connectivity index (χ3n) is 2.85. The fourth-order valence-corrected chi connectivity index (χ4v) is 1.70. The Hall–Kier alpha value is -1.52. The number of rotatable bonds is 4. The summed E-state index contributed by atoms with van der Waals surface area (Å²) in [6, 6.07) is -0.106. The summed E-state index contributed by atoms with van der Waals surface area (Å²) in [6.07, 6.45) is 3.04. The second kappa shape index (κ2) is 6.27. The highest BCUT2D eigenvalue weighted by Gasteiger charge is 2.16. The maximum Gasteiger partial charge on any atom is 0.317 e. The second-order valence-corrected chi connectivity index (χ2v) is 4.64. The minimum absolute atomic E-state index is 0.0430. The molecule has 0 bridgehead atoms. The summed E-state index contributed by atoms with van der Waals surface area (Å²) in [5.74, 6) is -0.873. The van der Waals surface area contributed by atoms with Gasteiger partial charge in [0.1, 0.15) is 0 Å². The van der Waals surface area contributed by atoms with E-state index in [-0.39, 0.29) is 18.4 Å². The van der Waals surface area contributed by atoms with Gasteiger partial charge < -0.3 is 15.3 Å². The van der Waals surface area contributed by atoms with Crippen molar-refractivity contribution in [2.45, 2.75) is 26.7 Å². The van der Waals surface area contributed by atoms with E-state index in [9.17, 15) is 9.59 Å². The molecule has 0 fully saturated rings. The van der Waals surface area contributed by atoms with Gasteiger partial charge in [0.25, 0.3) is 0 Å². The quantitative estimate of drug-likeness (QED) is 0.731. The van der Waals surface area contributed by atoms with Crippen molar-refractivity contribution in [3.8, 4) is 0 Å². The smallest absolute Gasteiger partial charge is 0.317 e. The van der Waals surface area contributed by atoms with Crippen molar-refractivity contribution >= 4 is 12.0 Å². The molecule has 0 spiro atoms. The Labute approximate surface area is 101 Å². The first-order valence-corrected chi connectivity index (χ1v) is 5.89. The van der Waals surface area contributed by atoms with Gasteiger partial charge in [0, 0.05) is 26.1 Å². The molecule has 0 aromatic carbocycles. The van der Waals surface area contributed by atoms with E-state index >= 15 is 0 Å². The number of hydrogen-bond donors (Lipinski definition) is 2. The van der Waals surface area contributed by atoms with Crippen molar-refractivity contribution in [3.05, 3.63) is 11.6 Å². The molecule has 1 aliphatic heterocycles. The number of carboxylic acids is 1. The maximum absolute atomic E-state index is 11.7. The van der Waals surface area contributed by atoms with E-state index in [1.165, 1.54) is 5.57 Å². The van der Waals surface area contributed by atoms with Gasteiger partial charge in [0.05, 0.1) is 0 Å². The molecule has 0 radical (unpaired) electrons. The molecule has 96 valence electrons. The Morgan fingerprint density at radius 2 is 2.29 bits per heavy atom. The summed E-state index contributed by atoms with van der Waals surface area (Å²) in [5, 5.41) is 11.4. The van der Waals surface area contributed by atoms with Crippen molar-refractivity contribution in [2.24, 2.45) is 5.92 Å². The minimum atomic E-state index is -0.830. The number of amides is 2. The normalized spacial score (nSPS) is 17.3. The van der Waals surface area contributed by atoms with Crippen LogP contribution < -0.4 is 5.32 Å². The van der Waals surface area contributed by atoms with E-state index in [1.54, 1.807) is 4.90 Å². The predicted molar refractivity (Wildman–Crippen MR) is 64.8 cm³/mol. The molecule has 17 heavy (non-hydrogen) atoms. The molecule has 1 aliphatic rings. The van der Waals surface area contributed by atoms with Gasteiger partial charge in [-0.3, -0.25) is 4.79 Å². The molecule has 5 nitrogen and oxygen atoms in total. The molecule has 0 saturated carbocycles. The van der Waals surface area contributed by atoms with Crippen LogP contribution in [0.1, 0.15) is 26.7 Å². The molecular weight excluding hydrogens is 220 g/mol. The highest BCUT2D eigenvalue weighted by atomic mass is 16.4. The number of nitrogens with one attached hydrogen (secondary N) is 1. The third kappa shape index (κ3) is 4.89. The summed E-state index contributed by atoms with van der Waals surface area (Å²) < 4.78 is 0. The lowest BCUT2D eigenvalue weighted by molar-refractivity contribution is -0.137. The van der Waals surface area contributed by atoms with E-state index in [0.717, 1.165) is 13.0 Å². The van der Waals surface area contributed by atoms with Crippen LogP contribution in [-0.4, -0.2) is 41.6 Å². The van der Waals surface area contributed by atoms with E-state index in [0.29, 0.717) is 13.1 Å². The fourth-order valence-electron chi connectivity index (χ4n) is 1.70. The Bertz CT molecular complexity index is 326. The zero-order valence-corrected chi connectivity index (χ0v) is 10.4. The topological polar surface area (TPSA) is 69.6 Å². The lowest BCUT2D eigenvalue weighted by Gasteiger charge is -2.26. The molecule has 0 aromatic rings. The maximum atomic E-state index is 11.7. The van der Waals surface area contributed by atoms with Crippen LogP contribution in [0.5, 0.6) is 0 Å². The first-order valence-electron chi connectivity index (χ1n) is 5.89. The van der Waals surface area contributed by atoms with Gasteiger partial charge in [-0.2, -0.15) is 0 Å². The van der Waals surface area contributed by atoms with Crippen LogP contribution in [0.25, 0.3) is 0 Å². The average molecular weight is 240 g/mol. The lowest BCUT2D eigenvalue weighted by Crippen LogP contribution is -2.43. The molecule has 5 heteroatoms. The molecule has 1 unspecified atom stereocenters. The van der Waals surface area contributed by atoms with Crippen LogP contribution in [0.2, 0.25) is 0 Å². The predicted octanol–water partition coefficient (Wildman–Crippen LogP) is 1.46. The van der Waals surface area contributed by atoms with Crippen molar-refractivity contribution < 1.29 is 14.7 Å². The Morgan fingerprint density at radius 3 is 2.82 bits per heavy atom. The zero-order valence-electron chi connectivity index (χ0n) is 10.4. The molecular formula is C12H20N2O3. The van der Waals surface area contributed by atoms with Gasteiger partial charge >= 0.3 is 12.0 Å². The summed E-state index contributed by atoms with van der Waals surface area (Å²) in [5.41, 5.74) is 1.31. The third-order valence-corrected chi connectivity index (χ3v) is 2.85. The van der Waals surface area contributed by atoms with Gasteiger partial charge in [-0.25, -0.2) is 4.79 Å². The number of hydrogen-bond acceptors (Lipinski definition) is 2. The Kier molecular flexibility index (Phi) is 5.00. The number of carbonyl (C=O) groups excluding carboxylic acids is 1. The Balaban J connectivity index is 2.28. The molecule has 0 aromatic heterocycles. The van der Waals surface area contributed by atoms with Gasteiger partial charge in [-0.15, -0.1) is 0 Å². The average Bonchev–Trinajstić information content (AvgIpc) is 2.26. The molecule has 2 N–H and O–H groups in total. The van der Waals surface area contributed by atoms with Crippen LogP contribution in [0.3, 0.4) is 0 Å². The first-order chi connectivity index (χ1) is 7.99. The monoisotopic (exact) mass is 240 g/mol.